The molecule has 0 aliphatic rings. The summed E-state index contributed by atoms with van der Waals surface area (Å²) in [5.41, 5.74) is 1.34. The summed E-state index contributed by atoms with van der Waals surface area (Å²) < 4.78 is 28.3. The molecule has 0 spiro atoms. The van der Waals surface area contributed by atoms with Crippen molar-refractivity contribution in [3.05, 3.63) is 50.1 Å². The predicted molar refractivity (Wildman–Crippen MR) is 87.9 cm³/mol. The molecular formula is C14H16BrNO3S2. The van der Waals surface area contributed by atoms with E-state index in [4.69, 9.17) is 0 Å². The van der Waals surface area contributed by atoms with Crippen molar-refractivity contribution in [3.8, 4) is 0 Å². The maximum absolute atomic E-state index is 12.6. The average Bonchev–Trinajstić information content (AvgIpc) is 2.95. The van der Waals surface area contributed by atoms with Gasteiger partial charge in [0.05, 0.1) is 17.5 Å². The fourth-order valence-electron chi connectivity index (χ4n) is 1.99. The van der Waals surface area contributed by atoms with Gasteiger partial charge in [-0.05, 0) is 58.4 Å². The standard InChI is InChI=1S/C14H16BrNO3S2/c1-9-6-11(8-17)7-13(14(9)15)21(18,19)16-10(2)12-4-3-5-20-12/h3-7,10,16-17H,8H2,1-2H3. The van der Waals surface area contributed by atoms with Crippen molar-refractivity contribution < 1.29 is 13.5 Å². The summed E-state index contributed by atoms with van der Waals surface area (Å²) in [7, 11) is -3.67. The van der Waals surface area contributed by atoms with Crippen LogP contribution in [0.1, 0.15) is 29.0 Å². The van der Waals surface area contributed by atoms with Crippen LogP contribution in [0.3, 0.4) is 0 Å². The lowest BCUT2D eigenvalue weighted by Crippen LogP contribution is -2.27. The number of hydrogen-bond acceptors (Lipinski definition) is 4. The number of aryl methyl sites for hydroxylation is 1. The molecule has 0 saturated heterocycles. The summed E-state index contributed by atoms with van der Waals surface area (Å²) in [6.07, 6.45) is 0. The Balaban J connectivity index is 2.38. The van der Waals surface area contributed by atoms with Crippen LogP contribution in [0.25, 0.3) is 0 Å². The van der Waals surface area contributed by atoms with Crippen LogP contribution in [-0.4, -0.2) is 13.5 Å². The van der Waals surface area contributed by atoms with Gasteiger partial charge in [-0.3, -0.25) is 0 Å². The van der Waals surface area contributed by atoms with Crippen LogP contribution in [0.4, 0.5) is 0 Å². The van der Waals surface area contributed by atoms with Gasteiger partial charge >= 0.3 is 0 Å². The second kappa shape index (κ2) is 6.58. The first-order valence-corrected chi connectivity index (χ1v) is 9.46. The Bertz CT molecular complexity index is 727. The van der Waals surface area contributed by atoms with E-state index in [-0.39, 0.29) is 17.5 Å². The van der Waals surface area contributed by atoms with Crippen molar-refractivity contribution in [1.82, 2.24) is 4.72 Å². The molecule has 0 amide bonds. The third-order valence-corrected chi connectivity index (χ3v) is 6.99. The summed E-state index contributed by atoms with van der Waals surface area (Å²) in [6.45, 7) is 3.40. The minimum absolute atomic E-state index is 0.148. The van der Waals surface area contributed by atoms with E-state index in [2.05, 4.69) is 20.7 Å². The SMILES string of the molecule is Cc1cc(CO)cc(S(=O)(=O)NC(C)c2cccs2)c1Br. The second-order valence-electron chi connectivity index (χ2n) is 4.74. The van der Waals surface area contributed by atoms with Gasteiger partial charge in [-0.2, -0.15) is 0 Å². The minimum Gasteiger partial charge on any atom is -0.392 e. The number of hydrogen-bond donors (Lipinski definition) is 2. The number of halogens is 1. The van der Waals surface area contributed by atoms with E-state index in [0.29, 0.717) is 10.0 Å². The molecule has 2 aromatic rings. The zero-order valence-corrected chi connectivity index (χ0v) is 14.8. The van der Waals surface area contributed by atoms with Crippen LogP contribution >= 0.6 is 27.3 Å². The van der Waals surface area contributed by atoms with E-state index < -0.39 is 10.0 Å². The number of rotatable bonds is 5. The highest BCUT2D eigenvalue weighted by Gasteiger charge is 2.23. The number of aliphatic hydroxyl groups excluding tert-OH is 1. The molecule has 1 unspecified atom stereocenters. The van der Waals surface area contributed by atoms with E-state index in [1.165, 1.54) is 17.4 Å². The van der Waals surface area contributed by atoms with Crippen molar-refractivity contribution in [2.45, 2.75) is 31.4 Å². The van der Waals surface area contributed by atoms with Crippen molar-refractivity contribution >= 4 is 37.3 Å². The van der Waals surface area contributed by atoms with Gasteiger partial charge in [0.1, 0.15) is 0 Å². The Hall–Kier alpha value is -0.730. The molecule has 0 radical (unpaired) electrons. The zero-order valence-electron chi connectivity index (χ0n) is 11.6. The molecule has 2 rings (SSSR count). The van der Waals surface area contributed by atoms with Gasteiger partial charge in [0.15, 0.2) is 0 Å². The van der Waals surface area contributed by atoms with Gasteiger partial charge in [-0.1, -0.05) is 12.1 Å². The molecule has 7 heteroatoms. The van der Waals surface area contributed by atoms with Gasteiger partial charge in [-0.25, -0.2) is 13.1 Å². The third-order valence-electron chi connectivity index (χ3n) is 3.05. The first-order valence-electron chi connectivity index (χ1n) is 6.30. The molecule has 0 bridgehead atoms. The van der Waals surface area contributed by atoms with Crippen LogP contribution in [0.15, 0.2) is 39.0 Å². The Morgan fingerprint density at radius 1 is 1.43 bits per heavy atom. The monoisotopic (exact) mass is 389 g/mol. The molecule has 114 valence electrons. The molecule has 1 heterocycles. The van der Waals surface area contributed by atoms with Crippen molar-refractivity contribution in [2.24, 2.45) is 0 Å². The van der Waals surface area contributed by atoms with Gasteiger partial charge in [-0.15, -0.1) is 11.3 Å². The first kappa shape index (κ1) is 16.6. The highest BCUT2D eigenvalue weighted by atomic mass is 79.9. The van der Waals surface area contributed by atoms with Crippen molar-refractivity contribution in [1.29, 1.82) is 0 Å². The summed E-state index contributed by atoms with van der Waals surface area (Å²) in [6, 6.07) is 6.71. The molecule has 1 aromatic heterocycles. The van der Waals surface area contributed by atoms with Crippen LogP contribution in [0.5, 0.6) is 0 Å². The van der Waals surface area contributed by atoms with Gasteiger partial charge in [0, 0.05) is 9.35 Å². The maximum atomic E-state index is 12.6. The molecule has 4 nitrogen and oxygen atoms in total. The summed E-state index contributed by atoms with van der Waals surface area (Å²) in [5, 5.41) is 11.2. The number of sulfonamides is 1. The molecule has 0 aliphatic heterocycles. The smallest absolute Gasteiger partial charge is 0.242 e. The lowest BCUT2D eigenvalue weighted by molar-refractivity contribution is 0.281. The molecule has 1 aromatic carbocycles. The summed E-state index contributed by atoms with van der Waals surface area (Å²) in [4.78, 5) is 1.10. The lowest BCUT2D eigenvalue weighted by atomic mass is 10.1. The molecule has 0 saturated carbocycles. The number of aliphatic hydroxyl groups is 1. The van der Waals surface area contributed by atoms with Crippen LogP contribution in [-0.2, 0) is 16.6 Å². The highest BCUT2D eigenvalue weighted by Crippen LogP contribution is 2.29. The molecule has 1 atom stereocenters. The minimum atomic E-state index is -3.67. The lowest BCUT2D eigenvalue weighted by Gasteiger charge is -2.15. The van der Waals surface area contributed by atoms with Crippen LogP contribution in [0, 0.1) is 6.92 Å². The van der Waals surface area contributed by atoms with E-state index >= 15 is 0 Å². The average molecular weight is 390 g/mol. The number of benzene rings is 1. The topological polar surface area (TPSA) is 66.4 Å². The van der Waals surface area contributed by atoms with E-state index in [1.807, 2.05) is 17.5 Å². The molecule has 2 N–H and O–H groups in total. The van der Waals surface area contributed by atoms with Crippen LogP contribution < -0.4 is 4.72 Å². The molecule has 0 aliphatic carbocycles. The molecule has 0 fully saturated rings. The quantitative estimate of drug-likeness (QED) is 0.823. The number of thiophene rings is 1. The molecule has 21 heavy (non-hydrogen) atoms. The third kappa shape index (κ3) is 3.73. The van der Waals surface area contributed by atoms with Gasteiger partial charge in [0.2, 0.25) is 10.0 Å². The Morgan fingerprint density at radius 3 is 2.71 bits per heavy atom. The molecular weight excluding hydrogens is 374 g/mol. The first-order chi connectivity index (χ1) is 9.85. The van der Waals surface area contributed by atoms with E-state index in [1.54, 1.807) is 19.9 Å². The normalized spacial score (nSPS) is 13.3. The summed E-state index contributed by atoms with van der Waals surface area (Å²) >= 11 is 4.82. The van der Waals surface area contributed by atoms with Gasteiger partial charge < -0.3 is 5.11 Å². The fourth-order valence-corrected chi connectivity index (χ4v) is 5.09. The van der Waals surface area contributed by atoms with Crippen LogP contribution in [0.2, 0.25) is 0 Å². The zero-order chi connectivity index (χ0) is 15.6. The predicted octanol–water partition coefficient (Wildman–Crippen LogP) is 3.35. The van der Waals surface area contributed by atoms with Crippen molar-refractivity contribution in [3.63, 3.8) is 0 Å². The Labute approximate surface area is 137 Å². The van der Waals surface area contributed by atoms with Crippen molar-refractivity contribution in [2.75, 3.05) is 0 Å². The summed E-state index contributed by atoms with van der Waals surface area (Å²) in [5.74, 6) is 0. The highest BCUT2D eigenvalue weighted by molar-refractivity contribution is 9.10. The second-order valence-corrected chi connectivity index (χ2v) is 8.20. The fraction of sp³-hybridized carbons (Fsp3) is 0.286. The Morgan fingerprint density at radius 2 is 2.14 bits per heavy atom. The number of nitrogens with one attached hydrogen (secondary N) is 1. The largest absolute Gasteiger partial charge is 0.392 e. The Kier molecular flexibility index (Phi) is 5.21. The maximum Gasteiger partial charge on any atom is 0.242 e. The van der Waals surface area contributed by atoms with E-state index in [9.17, 15) is 13.5 Å². The van der Waals surface area contributed by atoms with Gasteiger partial charge in [0.25, 0.3) is 0 Å². The van der Waals surface area contributed by atoms with E-state index in [0.717, 1.165) is 10.4 Å².